The number of nitrogens with two attached hydrogens (primary N) is 1. The molecule has 2 aromatic rings. The van der Waals surface area contributed by atoms with Crippen molar-refractivity contribution in [1.29, 1.82) is 0 Å². The van der Waals surface area contributed by atoms with E-state index in [1.165, 1.54) is 12.1 Å². The highest BCUT2D eigenvalue weighted by Crippen LogP contribution is 2.20. The van der Waals surface area contributed by atoms with Gasteiger partial charge in [-0.1, -0.05) is 0 Å². The van der Waals surface area contributed by atoms with Crippen molar-refractivity contribution in [2.24, 2.45) is 11.1 Å². The van der Waals surface area contributed by atoms with Gasteiger partial charge in [-0.05, 0) is 38.1 Å². The van der Waals surface area contributed by atoms with E-state index in [1.807, 2.05) is 0 Å². The number of carbonyl (C=O) groups is 1. The molecule has 0 saturated heterocycles. The fourth-order valence-electron chi connectivity index (χ4n) is 1.82. The quantitative estimate of drug-likeness (QED) is 0.676. The molecule has 2 rings (SSSR count). The molecule has 1 aromatic carbocycles. The number of hydrogen-bond acceptors (Lipinski definition) is 5. The minimum atomic E-state index is -4.02. The zero-order valence-corrected chi connectivity index (χ0v) is 14.9. The number of aromatic nitrogens is 1. The van der Waals surface area contributed by atoms with Gasteiger partial charge < -0.3 is 11.1 Å². The monoisotopic (exact) mass is 384 g/mol. The van der Waals surface area contributed by atoms with E-state index in [1.54, 1.807) is 13.8 Å². The second-order valence-electron chi connectivity index (χ2n) is 6.22. The molecule has 0 atom stereocenters. The van der Waals surface area contributed by atoms with Crippen LogP contribution in [0.25, 0.3) is 0 Å². The van der Waals surface area contributed by atoms with Gasteiger partial charge in [-0.15, -0.1) is 0 Å². The summed E-state index contributed by atoms with van der Waals surface area (Å²) < 4.78 is 52.8. The lowest BCUT2D eigenvalue weighted by molar-refractivity contribution is -0.125. The number of sulfonamides is 1. The maximum Gasteiger partial charge on any atom is 0.263 e. The fourth-order valence-corrected chi connectivity index (χ4v) is 2.81. The summed E-state index contributed by atoms with van der Waals surface area (Å²) in [6.45, 7) is 3.54. The topological polar surface area (TPSA) is 114 Å². The number of carbonyl (C=O) groups excluding carboxylic acids is 1. The Morgan fingerprint density at radius 3 is 2.42 bits per heavy atom. The molecule has 0 aliphatic heterocycles. The van der Waals surface area contributed by atoms with E-state index >= 15 is 0 Å². The molecule has 0 spiro atoms. The molecule has 0 saturated carbocycles. The summed E-state index contributed by atoms with van der Waals surface area (Å²) in [5.41, 5.74) is 4.35. The molecule has 0 radical (unpaired) electrons. The summed E-state index contributed by atoms with van der Waals surface area (Å²) in [6.07, 6.45) is 1.10. The van der Waals surface area contributed by atoms with E-state index in [0.717, 1.165) is 24.4 Å². The zero-order chi connectivity index (χ0) is 19.5. The van der Waals surface area contributed by atoms with Gasteiger partial charge in [0.2, 0.25) is 5.91 Å². The minimum absolute atomic E-state index is 0.116. The van der Waals surface area contributed by atoms with Crippen molar-refractivity contribution < 1.29 is 22.0 Å². The number of hydrogen-bond donors (Lipinski definition) is 3. The molecular formula is C16H18F2N4O3S. The van der Waals surface area contributed by atoms with Gasteiger partial charge in [0.1, 0.15) is 10.7 Å². The Labute approximate surface area is 149 Å². The Bertz CT molecular complexity index is 916. The van der Waals surface area contributed by atoms with E-state index in [2.05, 4.69) is 15.0 Å². The molecule has 140 valence electrons. The SMILES string of the molecule is CC(C)(CNc1ccc(S(=O)(=O)Nc2ccc(F)c(F)c2)cn1)C(N)=O. The van der Waals surface area contributed by atoms with Crippen LogP contribution in [-0.2, 0) is 14.8 Å². The van der Waals surface area contributed by atoms with E-state index in [9.17, 15) is 22.0 Å². The summed E-state index contributed by atoms with van der Waals surface area (Å²) in [7, 11) is -4.02. The van der Waals surface area contributed by atoms with Crippen molar-refractivity contribution in [1.82, 2.24) is 4.98 Å². The van der Waals surface area contributed by atoms with Crippen molar-refractivity contribution >= 4 is 27.4 Å². The summed E-state index contributed by atoms with van der Waals surface area (Å²) in [4.78, 5) is 15.1. The molecule has 26 heavy (non-hydrogen) atoms. The van der Waals surface area contributed by atoms with Gasteiger partial charge >= 0.3 is 0 Å². The lowest BCUT2D eigenvalue weighted by atomic mass is 9.93. The Hall–Kier alpha value is -2.75. The predicted octanol–water partition coefficient (Wildman–Crippen LogP) is 2.08. The number of benzene rings is 1. The molecule has 0 unspecified atom stereocenters. The van der Waals surface area contributed by atoms with Crippen LogP contribution in [0.1, 0.15) is 13.8 Å². The molecule has 1 amide bonds. The van der Waals surface area contributed by atoms with E-state index in [4.69, 9.17) is 5.73 Å². The standard InChI is InChI=1S/C16H18F2N4O3S/c1-16(2,15(19)23)9-21-14-6-4-11(8-20-14)26(24,25)22-10-3-5-12(17)13(18)7-10/h3-8,22H,9H2,1-2H3,(H2,19,23)(H,20,21). The first-order chi connectivity index (χ1) is 12.0. The van der Waals surface area contributed by atoms with Crippen LogP contribution in [0.4, 0.5) is 20.3 Å². The van der Waals surface area contributed by atoms with Gasteiger partial charge in [0, 0.05) is 18.8 Å². The first-order valence-corrected chi connectivity index (χ1v) is 8.97. The van der Waals surface area contributed by atoms with Crippen LogP contribution in [0.2, 0.25) is 0 Å². The molecule has 0 bridgehead atoms. The number of rotatable bonds is 7. The van der Waals surface area contributed by atoms with E-state index in [0.29, 0.717) is 5.82 Å². The number of nitrogens with zero attached hydrogens (tertiary/aromatic N) is 1. The molecule has 4 N–H and O–H groups in total. The highest BCUT2D eigenvalue weighted by molar-refractivity contribution is 7.92. The maximum atomic E-state index is 13.2. The summed E-state index contributed by atoms with van der Waals surface area (Å²) in [5.74, 6) is -2.38. The number of anilines is 2. The highest BCUT2D eigenvalue weighted by atomic mass is 32.2. The Balaban J connectivity index is 2.11. The van der Waals surface area contributed by atoms with Crippen molar-refractivity contribution in [2.75, 3.05) is 16.6 Å². The fraction of sp³-hybridized carbons (Fsp3) is 0.250. The van der Waals surface area contributed by atoms with Crippen LogP contribution < -0.4 is 15.8 Å². The lowest BCUT2D eigenvalue weighted by Crippen LogP contribution is -2.37. The average molecular weight is 384 g/mol. The summed E-state index contributed by atoms with van der Waals surface area (Å²) in [5, 5.41) is 2.89. The van der Waals surface area contributed by atoms with Crippen molar-refractivity contribution in [3.63, 3.8) is 0 Å². The van der Waals surface area contributed by atoms with Crippen LogP contribution in [0.15, 0.2) is 41.4 Å². The Kier molecular flexibility index (Phi) is 5.45. The Morgan fingerprint density at radius 2 is 1.88 bits per heavy atom. The number of halogens is 2. The number of pyridine rings is 1. The van der Waals surface area contributed by atoms with Crippen LogP contribution in [0.3, 0.4) is 0 Å². The third-order valence-corrected chi connectivity index (χ3v) is 4.96. The normalized spacial score (nSPS) is 11.8. The second kappa shape index (κ2) is 7.24. The molecule has 7 nitrogen and oxygen atoms in total. The third-order valence-electron chi connectivity index (χ3n) is 3.60. The zero-order valence-electron chi connectivity index (χ0n) is 14.1. The predicted molar refractivity (Wildman–Crippen MR) is 92.9 cm³/mol. The van der Waals surface area contributed by atoms with Gasteiger partial charge in [0.05, 0.1) is 11.1 Å². The van der Waals surface area contributed by atoms with Gasteiger partial charge in [0.25, 0.3) is 10.0 Å². The van der Waals surface area contributed by atoms with Crippen LogP contribution in [0, 0.1) is 17.0 Å². The largest absolute Gasteiger partial charge is 0.369 e. The smallest absolute Gasteiger partial charge is 0.263 e. The molecule has 0 fully saturated rings. The molecular weight excluding hydrogens is 366 g/mol. The van der Waals surface area contributed by atoms with Gasteiger partial charge in [-0.2, -0.15) is 0 Å². The van der Waals surface area contributed by atoms with Gasteiger partial charge in [-0.25, -0.2) is 22.2 Å². The second-order valence-corrected chi connectivity index (χ2v) is 7.90. The van der Waals surface area contributed by atoms with Gasteiger partial charge in [-0.3, -0.25) is 9.52 Å². The summed E-state index contributed by atoms with van der Waals surface area (Å²) >= 11 is 0. The Morgan fingerprint density at radius 1 is 1.19 bits per heavy atom. The van der Waals surface area contributed by atoms with Crippen molar-refractivity contribution in [3.05, 3.63) is 48.2 Å². The minimum Gasteiger partial charge on any atom is -0.369 e. The molecule has 10 heteroatoms. The average Bonchev–Trinajstić information content (AvgIpc) is 2.56. The first-order valence-electron chi connectivity index (χ1n) is 7.49. The maximum absolute atomic E-state index is 13.2. The van der Waals surface area contributed by atoms with Gasteiger partial charge in [0.15, 0.2) is 11.6 Å². The first kappa shape index (κ1) is 19.6. The van der Waals surface area contributed by atoms with Crippen molar-refractivity contribution in [2.45, 2.75) is 18.7 Å². The lowest BCUT2D eigenvalue weighted by Gasteiger charge is -2.21. The molecule has 1 aromatic heterocycles. The van der Waals surface area contributed by atoms with Crippen LogP contribution in [-0.4, -0.2) is 25.9 Å². The summed E-state index contributed by atoms with van der Waals surface area (Å²) in [6, 6.07) is 5.36. The molecule has 0 aliphatic rings. The molecule has 0 aliphatic carbocycles. The molecule has 1 heterocycles. The number of nitrogens with one attached hydrogen (secondary N) is 2. The van der Waals surface area contributed by atoms with Crippen molar-refractivity contribution in [3.8, 4) is 0 Å². The van der Waals surface area contributed by atoms with E-state index in [-0.39, 0.29) is 17.1 Å². The van der Waals surface area contributed by atoms with Crippen LogP contribution >= 0.6 is 0 Å². The number of primary amides is 1. The highest BCUT2D eigenvalue weighted by Gasteiger charge is 2.24. The number of amides is 1. The van der Waals surface area contributed by atoms with Crippen LogP contribution in [0.5, 0.6) is 0 Å². The van der Waals surface area contributed by atoms with E-state index < -0.39 is 33.0 Å². The third kappa shape index (κ3) is 4.66.